The Bertz CT molecular complexity index is 278. The average molecular weight is 447 g/mol. The second-order valence-corrected chi connectivity index (χ2v) is 12.0. The number of hydrogen-bond acceptors (Lipinski definition) is 5. The van der Waals surface area contributed by atoms with E-state index >= 15 is 0 Å². The van der Waals surface area contributed by atoms with Crippen molar-refractivity contribution >= 4 is 61.4 Å². The van der Waals surface area contributed by atoms with E-state index in [0.717, 1.165) is 0 Å². The van der Waals surface area contributed by atoms with Crippen LogP contribution in [-0.2, 0) is 23.1 Å². The Hall–Kier alpha value is 1.06. The van der Waals surface area contributed by atoms with Gasteiger partial charge in [-0.1, -0.05) is 47.8 Å². The van der Waals surface area contributed by atoms with Crippen molar-refractivity contribution in [2.24, 2.45) is 0 Å². The van der Waals surface area contributed by atoms with Crippen LogP contribution in [0.15, 0.2) is 0 Å². The molecule has 0 radical (unpaired) electrons. The normalized spacial score (nSPS) is 15.6. The Morgan fingerprint density at radius 1 is 1.31 bits per heavy atom. The minimum absolute atomic E-state index is 0.0152. The van der Waals surface area contributed by atoms with Crippen LogP contribution >= 0.6 is 55.4 Å². The van der Waals surface area contributed by atoms with Gasteiger partial charge in [0.1, 0.15) is 6.16 Å². The average Bonchev–Trinajstić information content (AvgIpc) is 2.14. The number of hydrogen-bond donors (Lipinski definition) is 0. The highest BCUT2D eigenvalue weighted by Gasteiger charge is 2.32. The summed E-state index contributed by atoms with van der Waals surface area (Å²) in [7, 11) is -2.24. The Labute approximate surface area is 119 Å². The Morgan fingerprint density at radius 2 is 1.88 bits per heavy atom. The number of alkyl halides is 3. The number of esters is 1. The summed E-state index contributed by atoms with van der Waals surface area (Å²) in [5, 5.41) is 0. The summed E-state index contributed by atoms with van der Waals surface area (Å²) in [4.78, 5) is 11.0. The van der Waals surface area contributed by atoms with E-state index in [0.29, 0.717) is 0 Å². The number of rotatable bonds is 6. The van der Waals surface area contributed by atoms with Gasteiger partial charge in [0.05, 0.1) is 20.3 Å². The van der Waals surface area contributed by atoms with Gasteiger partial charge in [0.15, 0.2) is 2.14 Å². The van der Waals surface area contributed by atoms with Crippen LogP contribution in [0.2, 0.25) is 0 Å². The summed E-state index contributed by atoms with van der Waals surface area (Å²) < 4.78 is 25.8. The molecular formula is C7H12Br3O5P. The molecule has 0 saturated heterocycles. The second kappa shape index (κ2) is 7.48. The van der Waals surface area contributed by atoms with E-state index in [1.807, 2.05) is 0 Å². The van der Waals surface area contributed by atoms with Crippen molar-refractivity contribution in [1.82, 2.24) is 0 Å². The molecule has 5 nitrogen and oxygen atoms in total. The summed E-state index contributed by atoms with van der Waals surface area (Å²) in [6.07, 6.45) is -0.402. The summed E-state index contributed by atoms with van der Waals surface area (Å²) in [6.45, 7) is 1.87. The van der Waals surface area contributed by atoms with E-state index in [1.54, 1.807) is 6.92 Å². The van der Waals surface area contributed by atoms with Crippen molar-refractivity contribution in [3.05, 3.63) is 0 Å². The predicted molar refractivity (Wildman–Crippen MR) is 71.6 cm³/mol. The molecule has 0 aliphatic heterocycles. The van der Waals surface area contributed by atoms with Gasteiger partial charge in [0, 0.05) is 0 Å². The lowest BCUT2D eigenvalue weighted by Gasteiger charge is -2.19. The molecule has 16 heavy (non-hydrogen) atoms. The summed E-state index contributed by atoms with van der Waals surface area (Å²) in [5.41, 5.74) is 0. The number of halogens is 3. The first-order chi connectivity index (χ1) is 7.22. The second-order valence-electron chi connectivity index (χ2n) is 2.65. The zero-order valence-electron chi connectivity index (χ0n) is 8.74. The number of ether oxygens (including phenoxy) is 1. The maximum Gasteiger partial charge on any atom is 0.341 e. The molecule has 0 rings (SSSR count). The van der Waals surface area contributed by atoms with Crippen molar-refractivity contribution < 1.29 is 23.1 Å². The Kier molecular flexibility index (Phi) is 7.98. The molecule has 0 aromatic rings. The van der Waals surface area contributed by atoms with Crippen LogP contribution in [0.25, 0.3) is 0 Å². The third-order valence-electron chi connectivity index (χ3n) is 1.30. The fourth-order valence-electron chi connectivity index (χ4n) is 0.719. The minimum Gasteiger partial charge on any atom is -0.469 e. The third-order valence-corrected chi connectivity index (χ3v) is 3.81. The van der Waals surface area contributed by atoms with Gasteiger partial charge in [-0.2, -0.15) is 0 Å². The number of carbonyl (C=O) groups excluding carboxylic acids is 1. The van der Waals surface area contributed by atoms with E-state index in [-0.39, 0.29) is 13.2 Å². The fraction of sp³-hybridized carbons (Fsp3) is 0.857. The van der Waals surface area contributed by atoms with Crippen molar-refractivity contribution in [2.75, 3.05) is 26.5 Å². The van der Waals surface area contributed by atoms with Crippen LogP contribution in [0.1, 0.15) is 6.92 Å². The fourth-order valence-corrected chi connectivity index (χ4v) is 3.08. The van der Waals surface area contributed by atoms with E-state index in [2.05, 4.69) is 52.5 Å². The molecule has 0 N–H and O–H groups in total. The smallest absolute Gasteiger partial charge is 0.341 e. The standard InChI is InChI=1S/C7H12Br3O5P/c1-3-14-16(12,4-6(11)13-2)15-5-7(8,9)10/h3-5H2,1-2H3. The van der Waals surface area contributed by atoms with Crippen LogP contribution in [0, 0.1) is 0 Å². The van der Waals surface area contributed by atoms with Gasteiger partial charge in [0.2, 0.25) is 0 Å². The van der Waals surface area contributed by atoms with E-state index in [4.69, 9.17) is 9.05 Å². The first-order valence-corrected chi connectivity index (χ1v) is 8.35. The lowest BCUT2D eigenvalue weighted by atomic mass is 10.8. The Balaban J connectivity index is 4.45. The first-order valence-electron chi connectivity index (χ1n) is 4.24. The van der Waals surface area contributed by atoms with E-state index < -0.39 is 21.9 Å². The van der Waals surface area contributed by atoms with E-state index in [9.17, 15) is 9.36 Å². The van der Waals surface area contributed by atoms with Crippen LogP contribution in [0.5, 0.6) is 0 Å². The molecule has 1 atom stereocenters. The third kappa shape index (κ3) is 8.20. The number of methoxy groups -OCH3 is 1. The monoisotopic (exact) mass is 444 g/mol. The van der Waals surface area contributed by atoms with Crippen LogP contribution in [-0.4, -0.2) is 34.6 Å². The molecule has 0 aromatic heterocycles. The first kappa shape index (κ1) is 17.1. The molecule has 0 saturated carbocycles. The van der Waals surface area contributed by atoms with Gasteiger partial charge in [-0.15, -0.1) is 0 Å². The van der Waals surface area contributed by atoms with Gasteiger partial charge in [-0.25, -0.2) is 0 Å². The Morgan fingerprint density at radius 3 is 2.25 bits per heavy atom. The molecule has 9 heteroatoms. The van der Waals surface area contributed by atoms with Gasteiger partial charge in [-0.05, 0) is 6.92 Å². The summed E-state index contributed by atoms with van der Waals surface area (Å²) in [5.74, 6) is -0.638. The molecule has 0 amide bonds. The van der Waals surface area contributed by atoms with Gasteiger partial charge in [-0.3, -0.25) is 9.36 Å². The van der Waals surface area contributed by atoms with Crippen LogP contribution in [0.4, 0.5) is 0 Å². The van der Waals surface area contributed by atoms with Crippen molar-refractivity contribution in [3.63, 3.8) is 0 Å². The highest BCUT2D eigenvalue weighted by Crippen LogP contribution is 2.50. The van der Waals surface area contributed by atoms with Gasteiger partial charge >= 0.3 is 13.6 Å². The maximum atomic E-state index is 12.0. The molecule has 0 aromatic carbocycles. The number of carbonyl (C=O) groups is 1. The highest BCUT2D eigenvalue weighted by molar-refractivity contribution is 9.39. The summed E-state index contributed by atoms with van der Waals surface area (Å²) in [6, 6.07) is 0. The van der Waals surface area contributed by atoms with Crippen molar-refractivity contribution in [1.29, 1.82) is 0 Å². The maximum absolute atomic E-state index is 12.0. The zero-order valence-corrected chi connectivity index (χ0v) is 14.4. The van der Waals surface area contributed by atoms with Gasteiger partial charge in [0.25, 0.3) is 0 Å². The highest BCUT2D eigenvalue weighted by atomic mass is 80.0. The summed E-state index contributed by atoms with van der Waals surface area (Å²) >= 11 is 9.54. The molecule has 0 bridgehead atoms. The van der Waals surface area contributed by atoms with Crippen LogP contribution < -0.4 is 0 Å². The van der Waals surface area contributed by atoms with Gasteiger partial charge < -0.3 is 13.8 Å². The molecule has 1 unspecified atom stereocenters. The molecule has 96 valence electrons. The lowest BCUT2D eigenvalue weighted by molar-refractivity contribution is -0.137. The lowest BCUT2D eigenvalue weighted by Crippen LogP contribution is -2.16. The minimum atomic E-state index is -3.45. The van der Waals surface area contributed by atoms with Crippen molar-refractivity contribution in [3.8, 4) is 0 Å². The quantitative estimate of drug-likeness (QED) is 0.356. The van der Waals surface area contributed by atoms with E-state index in [1.165, 1.54) is 7.11 Å². The predicted octanol–water partition coefficient (Wildman–Crippen LogP) is 3.24. The molecule has 0 spiro atoms. The SMILES string of the molecule is CCOP(=O)(CC(=O)OC)OCC(Br)(Br)Br. The molecule has 0 aliphatic carbocycles. The largest absolute Gasteiger partial charge is 0.469 e. The molecule has 0 fully saturated rings. The molecule has 0 aliphatic rings. The zero-order chi connectivity index (χ0) is 12.8. The van der Waals surface area contributed by atoms with Crippen molar-refractivity contribution in [2.45, 2.75) is 9.07 Å². The van der Waals surface area contributed by atoms with Crippen LogP contribution in [0.3, 0.4) is 0 Å². The molecule has 0 heterocycles. The molecular weight excluding hydrogens is 435 g/mol. The topological polar surface area (TPSA) is 61.8 Å².